The van der Waals surface area contributed by atoms with E-state index >= 15 is 0 Å². The predicted molar refractivity (Wildman–Crippen MR) is 132 cm³/mol. The van der Waals surface area contributed by atoms with Gasteiger partial charge in [0.05, 0.1) is 30.6 Å². The van der Waals surface area contributed by atoms with Crippen molar-refractivity contribution in [2.45, 2.75) is 38.3 Å². The van der Waals surface area contributed by atoms with Gasteiger partial charge in [0, 0.05) is 32.0 Å². The summed E-state index contributed by atoms with van der Waals surface area (Å²) in [7, 11) is 0. The molecule has 1 aromatic carbocycles. The molecule has 3 aromatic rings. The van der Waals surface area contributed by atoms with Gasteiger partial charge in [-0.2, -0.15) is 5.10 Å². The Kier molecular flexibility index (Phi) is 8.96. The number of aliphatic imine (C=N–C) groups is 1. The van der Waals surface area contributed by atoms with Gasteiger partial charge in [0.1, 0.15) is 5.76 Å². The van der Waals surface area contributed by atoms with Crippen molar-refractivity contribution in [3.8, 4) is 5.69 Å². The van der Waals surface area contributed by atoms with E-state index in [9.17, 15) is 0 Å². The SMILES string of the molecule is CC(NC(=NCC1CCCO1)NCCc1ccco1)c1cccc(-n2cccn2)c1.I. The summed E-state index contributed by atoms with van der Waals surface area (Å²) in [6.07, 6.45) is 8.64. The summed E-state index contributed by atoms with van der Waals surface area (Å²) in [4.78, 5) is 4.78. The lowest BCUT2D eigenvalue weighted by atomic mass is 10.1. The summed E-state index contributed by atoms with van der Waals surface area (Å²) in [6.45, 7) is 4.38. The van der Waals surface area contributed by atoms with Crippen LogP contribution in [0.1, 0.15) is 37.1 Å². The third-order valence-corrected chi connectivity index (χ3v) is 5.21. The zero-order chi connectivity index (χ0) is 20.6. The third kappa shape index (κ3) is 6.83. The van der Waals surface area contributed by atoms with Crippen LogP contribution >= 0.6 is 24.0 Å². The number of hydrogen-bond donors (Lipinski definition) is 2. The number of halogens is 1. The van der Waals surface area contributed by atoms with E-state index in [1.807, 2.05) is 29.1 Å². The number of guanidine groups is 1. The summed E-state index contributed by atoms with van der Waals surface area (Å²) >= 11 is 0. The van der Waals surface area contributed by atoms with Gasteiger partial charge in [0.25, 0.3) is 0 Å². The molecular weight excluding hydrogens is 505 g/mol. The predicted octanol–water partition coefficient (Wildman–Crippen LogP) is 4.10. The molecule has 7 nitrogen and oxygen atoms in total. The number of hydrogen-bond acceptors (Lipinski definition) is 4. The van der Waals surface area contributed by atoms with Crippen LogP contribution in [0.15, 0.2) is 70.5 Å². The summed E-state index contributed by atoms with van der Waals surface area (Å²) in [5, 5.41) is 11.3. The van der Waals surface area contributed by atoms with Crippen LogP contribution in [0.2, 0.25) is 0 Å². The van der Waals surface area contributed by atoms with Gasteiger partial charge in [-0.1, -0.05) is 12.1 Å². The molecule has 8 heteroatoms. The smallest absolute Gasteiger partial charge is 0.191 e. The maximum atomic E-state index is 5.73. The average molecular weight is 535 g/mol. The van der Waals surface area contributed by atoms with Gasteiger partial charge in [-0.3, -0.25) is 4.99 Å². The van der Waals surface area contributed by atoms with Crippen molar-refractivity contribution in [1.82, 2.24) is 20.4 Å². The Bertz CT molecular complexity index is 921. The van der Waals surface area contributed by atoms with Gasteiger partial charge in [-0.25, -0.2) is 4.68 Å². The number of ether oxygens (including phenoxy) is 1. The molecule has 0 saturated carbocycles. The highest BCUT2D eigenvalue weighted by molar-refractivity contribution is 14.0. The van der Waals surface area contributed by atoms with Crippen LogP contribution in [0.5, 0.6) is 0 Å². The molecule has 0 spiro atoms. The van der Waals surface area contributed by atoms with E-state index in [0.29, 0.717) is 6.54 Å². The fraction of sp³-hybridized carbons (Fsp3) is 0.391. The van der Waals surface area contributed by atoms with Crippen LogP contribution in [0.4, 0.5) is 0 Å². The summed E-state index contributed by atoms with van der Waals surface area (Å²) in [5.41, 5.74) is 2.20. The molecule has 0 amide bonds. The molecule has 1 saturated heterocycles. The number of aromatic nitrogens is 2. The molecule has 31 heavy (non-hydrogen) atoms. The minimum atomic E-state index is 0. The Morgan fingerprint density at radius 3 is 2.97 bits per heavy atom. The molecule has 4 rings (SSSR count). The molecule has 166 valence electrons. The molecule has 3 heterocycles. The lowest BCUT2D eigenvalue weighted by Crippen LogP contribution is -2.40. The molecule has 2 unspecified atom stereocenters. The van der Waals surface area contributed by atoms with Crippen molar-refractivity contribution in [3.05, 3.63) is 72.4 Å². The van der Waals surface area contributed by atoms with Crippen LogP contribution < -0.4 is 10.6 Å². The van der Waals surface area contributed by atoms with E-state index in [2.05, 4.69) is 46.9 Å². The first kappa shape index (κ1) is 23.3. The summed E-state index contributed by atoms with van der Waals surface area (Å²) in [6, 6.07) is 14.3. The minimum absolute atomic E-state index is 0. The van der Waals surface area contributed by atoms with E-state index in [4.69, 9.17) is 14.1 Å². The van der Waals surface area contributed by atoms with E-state index in [1.54, 1.807) is 12.5 Å². The van der Waals surface area contributed by atoms with Crippen LogP contribution in [-0.2, 0) is 11.2 Å². The van der Waals surface area contributed by atoms with Crippen LogP contribution in [0.25, 0.3) is 5.69 Å². The number of furan rings is 1. The van der Waals surface area contributed by atoms with Gasteiger partial charge >= 0.3 is 0 Å². The lowest BCUT2D eigenvalue weighted by Gasteiger charge is -2.20. The monoisotopic (exact) mass is 535 g/mol. The van der Waals surface area contributed by atoms with Gasteiger partial charge in [-0.05, 0) is 55.7 Å². The first-order chi connectivity index (χ1) is 14.8. The van der Waals surface area contributed by atoms with Crippen molar-refractivity contribution in [3.63, 3.8) is 0 Å². The Labute approximate surface area is 200 Å². The van der Waals surface area contributed by atoms with Crippen LogP contribution in [-0.4, -0.2) is 41.5 Å². The number of nitrogens with zero attached hydrogens (tertiary/aromatic N) is 3. The van der Waals surface area contributed by atoms with Gasteiger partial charge < -0.3 is 19.8 Å². The fourth-order valence-electron chi connectivity index (χ4n) is 3.54. The zero-order valence-corrected chi connectivity index (χ0v) is 20.1. The normalized spacial score (nSPS) is 17.2. The molecule has 1 fully saturated rings. The Hall–Kier alpha value is -2.33. The fourth-order valence-corrected chi connectivity index (χ4v) is 3.54. The largest absolute Gasteiger partial charge is 0.469 e. The molecule has 2 atom stereocenters. The number of nitrogens with one attached hydrogen (secondary N) is 2. The number of rotatable bonds is 8. The van der Waals surface area contributed by atoms with Crippen LogP contribution in [0, 0.1) is 0 Å². The molecular formula is C23H30IN5O2. The quantitative estimate of drug-likeness (QED) is 0.258. The highest BCUT2D eigenvalue weighted by Gasteiger charge is 2.16. The van der Waals surface area contributed by atoms with Crippen molar-refractivity contribution in [2.75, 3.05) is 19.7 Å². The first-order valence-corrected chi connectivity index (χ1v) is 10.6. The second kappa shape index (κ2) is 11.9. The van der Waals surface area contributed by atoms with E-state index in [-0.39, 0.29) is 36.1 Å². The van der Waals surface area contributed by atoms with Gasteiger partial charge in [0.2, 0.25) is 0 Å². The minimum Gasteiger partial charge on any atom is -0.469 e. The molecule has 0 aliphatic carbocycles. The van der Waals surface area contributed by atoms with Crippen molar-refractivity contribution >= 4 is 29.9 Å². The molecule has 0 bridgehead atoms. The van der Waals surface area contributed by atoms with Crippen molar-refractivity contribution < 1.29 is 9.15 Å². The van der Waals surface area contributed by atoms with E-state index in [0.717, 1.165) is 49.8 Å². The highest BCUT2D eigenvalue weighted by Crippen LogP contribution is 2.17. The van der Waals surface area contributed by atoms with Gasteiger partial charge in [0.15, 0.2) is 5.96 Å². The zero-order valence-electron chi connectivity index (χ0n) is 17.7. The molecule has 0 radical (unpaired) electrons. The standard InChI is InChI=1S/C23H29N5O2.HI/c1-18(19-6-2-7-20(16-19)28-13-5-11-26-28)27-23(25-17-22-9-4-15-30-22)24-12-10-21-8-3-14-29-21;/h2-3,5-8,11,13-14,16,18,22H,4,9-10,12,15,17H2,1H3,(H2,24,25,27);1H. The maximum Gasteiger partial charge on any atom is 0.191 e. The summed E-state index contributed by atoms with van der Waals surface area (Å²) in [5.74, 6) is 1.75. The second-order valence-corrected chi connectivity index (χ2v) is 7.49. The second-order valence-electron chi connectivity index (χ2n) is 7.49. The van der Waals surface area contributed by atoms with Crippen molar-refractivity contribution in [2.24, 2.45) is 4.99 Å². The lowest BCUT2D eigenvalue weighted by molar-refractivity contribution is 0.117. The topological polar surface area (TPSA) is 76.6 Å². The average Bonchev–Trinajstić information content (AvgIpc) is 3.55. The molecule has 2 N–H and O–H groups in total. The summed E-state index contributed by atoms with van der Waals surface area (Å²) < 4.78 is 13.0. The van der Waals surface area contributed by atoms with Gasteiger partial charge in [-0.15, -0.1) is 24.0 Å². The molecule has 1 aliphatic rings. The van der Waals surface area contributed by atoms with Crippen molar-refractivity contribution in [1.29, 1.82) is 0 Å². The Morgan fingerprint density at radius 1 is 1.29 bits per heavy atom. The van der Waals surface area contributed by atoms with Crippen LogP contribution in [0.3, 0.4) is 0 Å². The first-order valence-electron chi connectivity index (χ1n) is 10.6. The Morgan fingerprint density at radius 2 is 2.23 bits per heavy atom. The number of benzene rings is 1. The Balaban J connectivity index is 0.00000272. The molecule has 2 aromatic heterocycles. The highest BCUT2D eigenvalue weighted by atomic mass is 127. The van der Waals surface area contributed by atoms with E-state index in [1.165, 1.54) is 5.56 Å². The van der Waals surface area contributed by atoms with E-state index < -0.39 is 0 Å². The molecule has 1 aliphatic heterocycles. The maximum absolute atomic E-state index is 5.73. The third-order valence-electron chi connectivity index (χ3n) is 5.21.